The van der Waals surface area contributed by atoms with Gasteiger partial charge < -0.3 is 5.32 Å². The molecule has 0 aliphatic heterocycles. The van der Waals surface area contributed by atoms with Crippen molar-refractivity contribution in [3.63, 3.8) is 0 Å². The fourth-order valence-electron chi connectivity index (χ4n) is 1.93. The number of hydrogen-bond donors (Lipinski definition) is 1. The minimum Gasteiger partial charge on any atom is -0.314 e. The van der Waals surface area contributed by atoms with E-state index >= 15 is 0 Å². The summed E-state index contributed by atoms with van der Waals surface area (Å²) in [5.41, 5.74) is 0. The smallest absolute Gasteiger partial charge is 0.00981 e. The van der Waals surface area contributed by atoms with E-state index in [9.17, 15) is 0 Å². The standard InChI is InChI=1S/C11H19N/c1-3-4-5-9-12-11-8-6-7-10(11)2/h1,10-12H,4-9H2,2H3. The third kappa shape index (κ3) is 2.87. The zero-order valence-electron chi connectivity index (χ0n) is 7.97. The normalized spacial score (nSPS) is 28.7. The lowest BCUT2D eigenvalue weighted by Gasteiger charge is -2.16. The number of unbranched alkanes of at least 4 members (excludes halogenated alkanes) is 1. The number of rotatable bonds is 4. The molecule has 1 saturated carbocycles. The fourth-order valence-corrected chi connectivity index (χ4v) is 1.93. The van der Waals surface area contributed by atoms with Gasteiger partial charge >= 0.3 is 0 Å². The Bertz CT molecular complexity index is 157. The highest BCUT2D eigenvalue weighted by Crippen LogP contribution is 2.24. The number of terminal acetylenes is 1. The summed E-state index contributed by atoms with van der Waals surface area (Å²) < 4.78 is 0. The summed E-state index contributed by atoms with van der Waals surface area (Å²) in [5.74, 6) is 3.54. The molecule has 1 aliphatic carbocycles. The van der Waals surface area contributed by atoms with Crippen molar-refractivity contribution in [2.75, 3.05) is 6.54 Å². The molecule has 0 radical (unpaired) electrons. The summed E-state index contributed by atoms with van der Waals surface area (Å²) in [6.07, 6.45) is 11.4. The van der Waals surface area contributed by atoms with Gasteiger partial charge in [-0.25, -0.2) is 0 Å². The van der Waals surface area contributed by atoms with E-state index in [2.05, 4.69) is 18.2 Å². The Hall–Kier alpha value is -0.480. The molecule has 0 aromatic heterocycles. The molecule has 1 heteroatoms. The van der Waals surface area contributed by atoms with Crippen LogP contribution in [0.3, 0.4) is 0 Å². The first-order valence-corrected chi connectivity index (χ1v) is 5.01. The van der Waals surface area contributed by atoms with Crippen molar-refractivity contribution in [3.05, 3.63) is 0 Å². The lowest BCUT2D eigenvalue weighted by molar-refractivity contribution is 0.425. The maximum atomic E-state index is 5.17. The SMILES string of the molecule is C#CCCCNC1CCCC1C. The Morgan fingerprint density at radius 3 is 2.92 bits per heavy atom. The quantitative estimate of drug-likeness (QED) is 0.497. The van der Waals surface area contributed by atoms with Crippen LogP contribution in [-0.4, -0.2) is 12.6 Å². The van der Waals surface area contributed by atoms with E-state index in [1.54, 1.807) is 0 Å². The van der Waals surface area contributed by atoms with Gasteiger partial charge in [-0.3, -0.25) is 0 Å². The highest BCUT2D eigenvalue weighted by molar-refractivity contribution is 4.84. The summed E-state index contributed by atoms with van der Waals surface area (Å²) in [7, 11) is 0. The Morgan fingerprint density at radius 1 is 1.50 bits per heavy atom. The van der Waals surface area contributed by atoms with Crippen LogP contribution >= 0.6 is 0 Å². The first kappa shape index (κ1) is 9.61. The molecule has 0 saturated heterocycles. The number of hydrogen-bond acceptors (Lipinski definition) is 1. The molecule has 0 aromatic carbocycles. The van der Waals surface area contributed by atoms with E-state index in [1.807, 2.05) is 0 Å². The Labute approximate surface area is 75.9 Å². The summed E-state index contributed by atoms with van der Waals surface area (Å²) in [4.78, 5) is 0. The Balaban J connectivity index is 2.03. The van der Waals surface area contributed by atoms with Crippen LogP contribution in [0.4, 0.5) is 0 Å². The predicted octanol–water partition coefficient (Wildman–Crippen LogP) is 2.18. The third-order valence-electron chi connectivity index (χ3n) is 2.77. The largest absolute Gasteiger partial charge is 0.314 e. The molecular formula is C11H19N. The van der Waals surface area contributed by atoms with Crippen LogP contribution in [0.25, 0.3) is 0 Å². The second-order valence-electron chi connectivity index (χ2n) is 3.78. The van der Waals surface area contributed by atoms with Crippen LogP contribution in [0.15, 0.2) is 0 Å². The van der Waals surface area contributed by atoms with Crippen molar-refractivity contribution in [1.82, 2.24) is 5.32 Å². The van der Waals surface area contributed by atoms with Crippen molar-refractivity contribution >= 4 is 0 Å². The molecule has 1 fully saturated rings. The van der Waals surface area contributed by atoms with Gasteiger partial charge in [0.25, 0.3) is 0 Å². The molecule has 0 heterocycles. The lowest BCUT2D eigenvalue weighted by Crippen LogP contribution is -2.31. The van der Waals surface area contributed by atoms with Gasteiger partial charge in [-0.1, -0.05) is 13.3 Å². The highest BCUT2D eigenvalue weighted by Gasteiger charge is 2.21. The first-order chi connectivity index (χ1) is 5.84. The molecule has 12 heavy (non-hydrogen) atoms. The van der Waals surface area contributed by atoms with Crippen LogP contribution in [0.2, 0.25) is 0 Å². The summed E-state index contributed by atoms with van der Waals surface area (Å²) >= 11 is 0. The topological polar surface area (TPSA) is 12.0 Å². The van der Waals surface area contributed by atoms with Crippen molar-refractivity contribution < 1.29 is 0 Å². The molecular weight excluding hydrogens is 146 g/mol. The van der Waals surface area contributed by atoms with Crippen molar-refractivity contribution in [2.45, 2.75) is 45.1 Å². The van der Waals surface area contributed by atoms with E-state index in [-0.39, 0.29) is 0 Å². The zero-order valence-corrected chi connectivity index (χ0v) is 7.97. The van der Waals surface area contributed by atoms with Gasteiger partial charge in [0.1, 0.15) is 0 Å². The summed E-state index contributed by atoms with van der Waals surface area (Å²) in [6, 6.07) is 0.766. The van der Waals surface area contributed by atoms with E-state index in [1.165, 1.54) is 19.3 Å². The second kappa shape index (κ2) is 5.22. The molecule has 1 rings (SSSR count). The molecule has 2 atom stereocenters. The van der Waals surface area contributed by atoms with Gasteiger partial charge in [0.2, 0.25) is 0 Å². The molecule has 0 bridgehead atoms. The zero-order chi connectivity index (χ0) is 8.81. The lowest BCUT2D eigenvalue weighted by atomic mass is 10.1. The second-order valence-corrected chi connectivity index (χ2v) is 3.78. The minimum absolute atomic E-state index is 0.766. The van der Waals surface area contributed by atoms with Crippen molar-refractivity contribution in [2.24, 2.45) is 5.92 Å². The monoisotopic (exact) mass is 165 g/mol. The average molecular weight is 165 g/mol. The van der Waals surface area contributed by atoms with E-state index in [0.29, 0.717) is 0 Å². The molecule has 1 aliphatic rings. The summed E-state index contributed by atoms with van der Waals surface area (Å²) in [6.45, 7) is 3.44. The van der Waals surface area contributed by atoms with E-state index in [0.717, 1.165) is 31.3 Å². The number of nitrogens with one attached hydrogen (secondary N) is 1. The van der Waals surface area contributed by atoms with Gasteiger partial charge in [0.15, 0.2) is 0 Å². The predicted molar refractivity (Wildman–Crippen MR) is 52.9 cm³/mol. The van der Waals surface area contributed by atoms with Crippen LogP contribution in [0, 0.1) is 18.3 Å². The third-order valence-corrected chi connectivity index (χ3v) is 2.77. The van der Waals surface area contributed by atoms with Crippen LogP contribution in [0.1, 0.15) is 39.0 Å². The molecule has 1 N–H and O–H groups in total. The van der Waals surface area contributed by atoms with E-state index in [4.69, 9.17) is 6.42 Å². The fraction of sp³-hybridized carbons (Fsp3) is 0.818. The first-order valence-electron chi connectivity index (χ1n) is 5.01. The van der Waals surface area contributed by atoms with Crippen LogP contribution in [-0.2, 0) is 0 Å². The van der Waals surface area contributed by atoms with Gasteiger partial charge in [-0.2, -0.15) is 0 Å². The van der Waals surface area contributed by atoms with Gasteiger partial charge in [0, 0.05) is 12.5 Å². The Kier molecular flexibility index (Phi) is 4.18. The van der Waals surface area contributed by atoms with Crippen molar-refractivity contribution in [3.8, 4) is 12.3 Å². The minimum atomic E-state index is 0.766. The Morgan fingerprint density at radius 2 is 2.33 bits per heavy atom. The van der Waals surface area contributed by atoms with Gasteiger partial charge in [-0.05, 0) is 31.7 Å². The molecule has 0 spiro atoms. The summed E-state index contributed by atoms with van der Waals surface area (Å²) in [5, 5.41) is 3.57. The van der Waals surface area contributed by atoms with Crippen LogP contribution < -0.4 is 5.32 Å². The maximum absolute atomic E-state index is 5.17. The van der Waals surface area contributed by atoms with E-state index < -0.39 is 0 Å². The van der Waals surface area contributed by atoms with Crippen molar-refractivity contribution in [1.29, 1.82) is 0 Å². The van der Waals surface area contributed by atoms with Gasteiger partial charge in [-0.15, -0.1) is 12.3 Å². The molecule has 0 amide bonds. The highest BCUT2D eigenvalue weighted by atomic mass is 14.9. The molecule has 68 valence electrons. The average Bonchev–Trinajstić information content (AvgIpc) is 2.46. The molecule has 0 aromatic rings. The molecule has 1 nitrogen and oxygen atoms in total. The van der Waals surface area contributed by atoms with Crippen LogP contribution in [0.5, 0.6) is 0 Å². The molecule has 2 unspecified atom stereocenters. The maximum Gasteiger partial charge on any atom is 0.00981 e. The van der Waals surface area contributed by atoms with Gasteiger partial charge in [0.05, 0.1) is 0 Å².